The van der Waals surface area contributed by atoms with Crippen LogP contribution in [0.5, 0.6) is 0 Å². The maximum atomic E-state index is 14.8. The highest BCUT2D eigenvalue weighted by atomic mass is 19.1. The fourth-order valence-corrected chi connectivity index (χ4v) is 2.77. The molecule has 2 rings (SSSR count). The van der Waals surface area contributed by atoms with Crippen LogP contribution in [-0.4, -0.2) is 34.8 Å². The first kappa shape index (κ1) is 18.3. The molecule has 1 fully saturated rings. The van der Waals surface area contributed by atoms with Gasteiger partial charge in [0.25, 0.3) is 5.91 Å². The minimum absolute atomic E-state index is 0.205. The quantitative estimate of drug-likeness (QED) is 0.777. The number of imide groups is 1. The van der Waals surface area contributed by atoms with E-state index < -0.39 is 47.7 Å². The van der Waals surface area contributed by atoms with Gasteiger partial charge >= 0.3 is 6.09 Å². The monoisotopic (exact) mass is 343 g/mol. The van der Waals surface area contributed by atoms with Crippen molar-refractivity contribution in [3.63, 3.8) is 0 Å². The fraction of sp³-hybridized carbons (Fsp3) is 0.529. The second-order valence-corrected chi connectivity index (χ2v) is 6.95. The van der Waals surface area contributed by atoms with Crippen LogP contribution < -0.4 is 0 Å². The van der Waals surface area contributed by atoms with Gasteiger partial charge in [-0.2, -0.15) is 0 Å². The molecule has 0 aliphatic carbocycles. The Labute approximate surface area is 138 Å². The number of halogens is 3. The van der Waals surface area contributed by atoms with Crippen molar-refractivity contribution in [2.24, 2.45) is 0 Å². The van der Waals surface area contributed by atoms with Crippen LogP contribution in [-0.2, 0) is 15.1 Å². The molecule has 1 aliphatic heterocycles. The molecule has 0 aromatic heterocycles. The average molecular weight is 343 g/mol. The lowest BCUT2D eigenvalue weighted by molar-refractivity contribution is -0.153. The summed E-state index contributed by atoms with van der Waals surface area (Å²) in [6.45, 7) is 5.86. The molecule has 132 valence electrons. The van der Waals surface area contributed by atoms with Gasteiger partial charge in [0.1, 0.15) is 23.1 Å². The van der Waals surface area contributed by atoms with Gasteiger partial charge in [-0.1, -0.05) is 18.2 Å². The maximum absolute atomic E-state index is 14.8. The summed E-state index contributed by atoms with van der Waals surface area (Å²) in [6, 6.07) is 5.21. The third-order valence-corrected chi connectivity index (χ3v) is 3.97. The zero-order chi connectivity index (χ0) is 18.3. The van der Waals surface area contributed by atoms with Crippen molar-refractivity contribution in [3.8, 4) is 0 Å². The molecule has 0 bridgehead atoms. The number of piperidine rings is 1. The van der Waals surface area contributed by atoms with Crippen LogP contribution in [0.25, 0.3) is 0 Å². The number of carbonyl (C=O) groups excluding carboxylic acids is 2. The molecule has 2 amide bonds. The highest BCUT2D eigenvalue weighted by molar-refractivity contribution is 5.96. The Morgan fingerprint density at radius 1 is 1.29 bits per heavy atom. The summed E-state index contributed by atoms with van der Waals surface area (Å²) < 4.78 is 48.0. The molecule has 7 heteroatoms. The summed E-state index contributed by atoms with van der Waals surface area (Å²) in [6.07, 6.45) is -6.12. The topological polar surface area (TPSA) is 46.6 Å². The molecule has 1 saturated heterocycles. The summed E-state index contributed by atoms with van der Waals surface area (Å²) in [4.78, 5) is 25.1. The van der Waals surface area contributed by atoms with Crippen LogP contribution in [0.15, 0.2) is 24.3 Å². The van der Waals surface area contributed by atoms with E-state index in [1.165, 1.54) is 25.1 Å². The third kappa shape index (κ3) is 3.12. The lowest BCUT2D eigenvalue weighted by Crippen LogP contribution is -2.63. The van der Waals surface area contributed by atoms with E-state index in [-0.39, 0.29) is 5.56 Å². The molecule has 0 radical (unpaired) electrons. The highest BCUT2D eigenvalue weighted by Crippen LogP contribution is 2.42. The van der Waals surface area contributed by atoms with Crippen molar-refractivity contribution in [2.75, 3.05) is 0 Å². The lowest BCUT2D eigenvalue weighted by atomic mass is 9.79. The zero-order valence-corrected chi connectivity index (χ0v) is 14.0. The number of hydrogen-bond acceptors (Lipinski definition) is 3. The molecule has 24 heavy (non-hydrogen) atoms. The Bertz CT molecular complexity index is 659. The Hall–Kier alpha value is -2.05. The van der Waals surface area contributed by atoms with Gasteiger partial charge in [0.15, 0.2) is 6.17 Å². The Kier molecular flexibility index (Phi) is 4.65. The van der Waals surface area contributed by atoms with Crippen LogP contribution in [0.3, 0.4) is 0 Å². The first-order valence-electron chi connectivity index (χ1n) is 7.58. The molecule has 0 N–H and O–H groups in total. The summed E-state index contributed by atoms with van der Waals surface area (Å²) in [5, 5.41) is 0. The largest absolute Gasteiger partial charge is 0.443 e. The summed E-state index contributed by atoms with van der Waals surface area (Å²) in [5.41, 5.74) is -3.18. The molecular formula is C17H20F3NO3. The Balaban J connectivity index is 2.57. The molecule has 1 unspecified atom stereocenters. The normalized spacial score (nSPS) is 28.0. The fourth-order valence-electron chi connectivity index (χ4n) is 2.77. The predicted molar refractivity (Wildman–Crippen MR) is 81.2 cm³/mol. The molecule has 0 spiro atoms. The molecule has 1 aliphatic rings. The molecule has 1 heterocycles. The summed E-state index contributed by atoms with van der Waals surface area (Å²) in [7, 11) is 0. The van der Waals surface area contributed by atoms with Gasteiger partial charge < -0.3 is 4.74 Å². The van der Waals surface area contributed by atoms with Crippen molar-refractivity contribution in [1.82, 2.24) is 4.90 Å². The number of ether oxygens (including phenoxy) is 1. The van der Waals surface area contributed by atoms with E-state index in [2.05, 4.69) is 0 Å². The van der Waals surface area contributed by atoms with Gasteiger partial charge in [-0.05, 0) is 33.8 Å². The zero-order valence-electron chi connectivity index (χ0n) is 14.0. The third-order valence-electron chi connectivity index (χ3n) is 3.97. The van der Waals surface area contributed by atoms with E-state index in [0.717, 1.165) is 6.07 Å². The number of likely N-dealkylation sites (tertiary alicyclic amines) is 1. The first-order chi connectivity index (χ1) is 11.0. The van der Waals surface area contributed by atoms with E-state index in [0.29, 0.717) is 4.90 Å². The van der Waals surface area contributed by atoms with E-state index in [1.807, 2.05) is 0 Å². The number of carbonyl (C=O) groups is 2. The van der Waals surface area contributed by atoms with Gasteiger partial charge in [-0.25, -0.2) is 22.9 Å². The smallest absolute Gasteiger partial charge is 0.418 e. The minimum Gasteiger partial charge on any atom is -0.443 e. The summed E-state index contributed by atoms with van der Waals surface area (Å²) >= 11 is 0. The van der Waals surface area contributed by atoms with Crippen molar-refractivity contribution in [1.29, 1.82) is 0 Å². The van der Waals surface area contributed by atoms with E-state index in [9.17, 15) is 22.8 Å². The number of alkyl halides is 2. The summed E-state index contributed by atoms with van der Waals surface area (Å²) in [5.74, 6) is -2.02. The van der Waals surface area contributed by atoms with E-state index in [4.69, 9.17) is 4.74 Å². The van der Waals surface area contributed by atoms with Crippen LogP contribution in [0, 0.1) is 5.82 Å². The van der Waals surface area contributed by atoms with Crippen LogP contribution in [0.2, 0.25) is 0 Å². The number of nitrogens with zero attached hydrogens (tertiary/aromatic N) is 1. The molecule has 1 aromatic rings. The number of hydrogen-bond donors (Lipinski definition) is 0. The number of benzene rings is 1. The second-order valence-electron chi connectivity index (χ2n) is 6.95. The van der Waals surface area contributed by atoms with Gasteiger partial charge in [0.05, 0.1) is 0 Å². The SMILES string of the molecule is CC(C)(C)OC(=O)N1C(=O)C(F)C[C@@H](F)[C@@]1(C)c1ccccc1F. The maximum Gasteiger partial charge on any atom is 0.418 e. The van der Waals surface area contributed by atoms with Crippen LogP contribution in [0.1, 0.15) is 39.7 Å². The van der Waals surface area contributed by atoms with E-state index in [1.54, 1.807) is 20.8 Å². The first-order valence-corrected chi connectivity index (χ1v) is 7.58. The Morgan fingerprint density at radius 2 is 1.88 bits per heavy atom. The van der Waals surface area contributed by atoms with Crippen molar-refractivity contribution >= 4 is 12.0 Å². The standard InChI is InChI=1S/C17H20F3NO3/c1-16(2,3)24-15(23)21-14(22)12(19)9-13(20)17(21,4)10-7-5-6-8-11(10)18/h5-8,12-13H,9H2,1-4H3/t12?,13-,17-/m1/s1. The van der Waals surface area contributed by atoms with Crippen molar-refractivity contribution in [2.45, 2.75) is 57.6 Å². The molecule has 4 nitrogen and oxygen atoms in total. The van der Waals surface area contributed by atoms with Crippen LogP contribution in [0.4, 0.5) is 18.0 Å². The van der Waals surface area contributed by atoms with Gasteiger partial charge in [-0.3, -0.25) is 4.79 Å². The average Bonchev–Trinajstić information content (AvgIpc) is 2.44. The highest BCUT2D eigenvalue weighted by Gasteiger charge is 2.56. The van der Waals surface area contributed by atoms with E-state index >= 15 is 0 Å². The number of amides is 2. The Morgan fingerprint density at radius 3 is 2.42 bits per heavy atom. The molecular weight excluding hydrogens is 323 g/mol. The second kappa shape index (κ2) is 6.11. The lowest BCUT2D eigenvalue weighted by Gasteiger charge is -2.46. The van der Waals surface area contributed by atoms with Gasteiger partial charge in [-0.15, -0.1) is 0 Å². The number of rotatable bonds is 1. The molecule has 1 aromatic carbocycles. The molecule has 3 atom stereocenters. The van der Waals surface area contributed by atoms with Gasteiger partial charge in [0.2, 0.25) is 0 Å². The van der Waals surface area contributed by atoms with Crippen molar-refractivity contribution < 1.29 is 27.5 Å². The molecule has 0 saturated carbocycles. The van der Waals surface area contributed by atoms with Crippen LogP contribution >= 0.6 is 0 Å². The predicted octanol–water partition coefficient (Wildman–Crippen LogP) is 3.88. The van der Waals surface area contributed by atoms with Crippen molar-refractivity contribution in [3.05, 3.63) is 35.6 Å². The minimum atomic E-state index is -2.19. The van der Waals surface area contributed by atoms with Gasteiger partial charge in [0, 0.05) is 12.0 Å².